The number of aliphatic hydroxyl groups is 1. The Labute approximate surface area is 122 Å². The van der Waals surface area contributed by atoms with Gasteiger partial charge in [-0.1, -0.05) is 26.8 Å². The predicted molar refractivity (Wildman–Crippen MR) is 83.5 cm³/mol. The molecule has 1 fully saturated rings. The number of aryl methyl sites for hydroxylation is 1. The molecule has 0 amide bonds. The van der Waals surface area contributed by atoms with Gasteiger partial charge in [-0.25, -0.2) is 0 Å². The lowest BCUT2D eigenvalue weighted by Crippen LogP contribution is -2.31. The summed E-state index contributed by atoms with van der Waals surface area (Å²) >= 11 is 1.80. The largest absolute Gasteiger partial charge is 0.393 e. The fourth-order valence-corrected chi connectivity index (χ4v) is 4.08. The summed E-state index contributed by atoms with van der Waals surface area (Å²) in [7, 11) is 0. The number of rotatable bonds is 4. The van der Waals surface area contributed by atoms with Crippen molar-refractivity contribution >= 4 is 11.3 Å². The summed E-state index contributed by atoms with van der Waals surface area (Å²) in [6.07, 6.45) is 6.90. The summed E-state index contributed by atoms with van der Waals surface area (Å²) in [5.41, 5.74) is 0.437. The van der Waals surface area contributed by atoms with Gasteiger partial charge in [0.05, 0.1) is 6.10 Å². The molecule has 1 aromatic heterocycles. The highest BCUT2D eigenvalue weighted by Gasteiger charge is 2.32. The lowest BCUT2D eigenvalue weighted by molar-refractivity contribution is 0.0485. The maximum atomic E-state index is 10.4. The van der Waals surface area contributed by atoms with Crippen LogP contribution < -0.4 is 0 Å². The summed E-state index contributed by atoms with van der Waals surface area (Å²) < 4.78 is 0. The van der Waals surface area contributed by atoms with Crippen LogP contribution in [0.4, 0.5) is 0 Å². The van der Waals surface area contributed by atoms with E-state index < -0.39 is 0 Å². The Morgan fingerprint density at radius 3 is 2.47 bits per heavy atom. The van der Waals surface area contributed by atoms with E-state index in [1.165, 1.54) is 30.6 Å². The van der Waals surface area contributed by atoms with Gasteiger partial charge in [-0.15, -0.1) is 11.3 Å². The first-order chi connectivity index (χ1) is 8.97. The molecule has 0 bridgehead atoms. The molecule has 0 spiro atoms. The van der Waals surface area contributed by atoms with Gasteiger partial charge in [0.2, 0.25) is 0 Å². The van der Waals surface area contributed by atoms with E-state index in [-0.39, 0.29) is 6.10 Å². The van der Waals surface area contributed by atoms with Gasteiger partial charge in [0.25, 0.3) is 0 Å². The topological polar surface area (TPSA) is 20.2 Å². The Morgan fingerprint density at radius 2 is 1.95 bits per heavy atom. The Balaban J connectivity index is 1.74. The van der Waals surface area contributed by atoms with Crippen molar-refractivity contribution in [2.24, 2.45) is 17.3 Å². The second-order valence-corrected chi connectivity index (χ2v) is 8.20. The van der Waals surface area contributed by atoms with Crippen LogP contribution >= 0.6 is 11.3 Å². The van der Waals surface area contributed by atoms with Crippen molar-refractivity contribution in [2.45, 2.75) is 65.4 Å². The molecule has 2 heteroatoms. The van der Waals surface area contributed by atoms with Crippen LogP contribution in [0.15, 0.2) is 17.5 Å². The summed E-state index contributed by atoms with van der Waals surface area (Å²) in [6.45, 7) is 7.06. The first kappa shape index (κ1) is 15.1. The Bertz CT molecular complexity index is 355. The Kier molecular flexibility index (Phi) is 5.08. The van der Waals surface area contributed by atoms with Gasteiger partial charge in [0, 0.05) is 4.88 Å². The van der Waals surface area contributed by atoms with Crippen molar-refractivity contribution < 1.29 is 5.11 Å². The molecule has 0 aliphatic heterocycles. The van der Waals surface area contributed by atoms with Crippen LogP contribution in [0, 0.1) is 17.3 Å². The first-order valence-corrected chi connectivity index (χ1v) is 8.55. The smallest absolute Gasteiger partial charge is 0.0571 e. The van der Waals surface area contributed by atoms with Crippen molar-refractivity contribution in [3.8, 4) is 0 Å². The SMILES string of the molecule is CC(C)(C)C1CCC(C(O)CCc2cccs2)CC1. The molecule has 0 aromatic carbocycles. The highest BCUT2D eigenvalue weighted by atomic mass is 32.1. The quantitative estimate of drug-likeness (QED) is 0.832. The minimum Gasteiger partial charge on any atom is -0.393 e. The van der Waals surface area contributed by atoms with Crippen LogP contribution in [0.3, 0.4) is 0 Å². The highest BCUT2D eigenvalue weighted by Crippen LogP contribution is 2.41. The molecule has 1 heterocycles. The van der Waals surface area contributed by atoms with E-state index in [0.29, 0.717) is 11.3 Å². The van der Waals surface area contributed by atoms with Gasteiger partial charge in [0.15, 0.2) is 0 Å². The molecule has 1 aromatic rings. The zero-order valence-corrected chi connectivity index (χ0v) is 13.4. The molecule has 1 aliphatic carbocycles. The molecule has 1 atom stereocenters. The number of thiophene rings is 1. The van der Waals surface area contributed by atoms with E-state index in [1.807, 2.05) is 0 Å². The molecule has 0 radical (unpaired) electrons. The third-order valence-corrected chi connectivity index (χ3v) is 5.74. The number of aliphatic hydroxyl groups excluding tert-OH is 1. The Morgan fingerprint density at radius 1 is 1.26 bits per heavy atom. The highest BCUT2D eigenvalue weighted by molar-refractivity contribution is 7.09. The molecule has 1 unspecified atom stereocenters. The monoisotopic (exact) mass is 280 g/mol. The normalized spacial score (nSPS) is 26.3. The lowest BCUT2D eigenvalue weighted by atomic mass is 9.68. The van der Waals surface area contributed by atoms with Crippen molar-refractivity contribution in [3.63, 3.8) is 0 Å². The van der Waals surface area contributed by atoms with Crippen molar-refractivity contribution in [2.75, 3.05) is 0 Å². The molecule has 1 N–H and O–H groups in total. The van der Waals surface area contributed by atoms with Gasteiger partial charge in [0.1, 0.15) is 0 Å². The minimum atomic E-state index is -0.0944. The molecular weight excluding hydrogens is 252 g/mol. The molecule has 108 valence electrons. The third-order valence-electron chi connectivity index (χ3n) is 4.81. The maximum absolute atomic E-state index is 10.4. The van der Waals surface area contributed by atoms with E-state index in [9.17, 15) is 5.11 Å². The standard InChI is InChI=1S/C17H28OS/c1-17(2,3)14-8-6-13(7-9-14)16(18)11-10-15-5-4-12-19-15/h4-5,12-14,16,18H,6-11H2,1-3H3. The van der Waals surface area contributed by atoms with Crippen LogP contribution in [0.5, 0.6) is 0 Å². The van der Waals surface area contributed by atoms with Gasteiger partial charge in [-0.05, 0) is 67.2 Å². The molecule has 1 saturated carbocycles. The zero-order chi connectivity index (χ0) is 13.9. The Hall–Kier alpha value is -0.340. The van der Waals surface area contributed by atoms with Gasteiger partial charge < -0.3 is 5.11 Å². The number of hydrogen-bond acceptors (Lipinski definition) is 2. The second-order valence-electron chi connectivity index (χ2n) is 7.16. The predicted octanol–water partition coefficient (Wildman–Crippen LogP) is 4.89. The third kappa shape index (κ3) is 4.32. The van der Waals surface area contributed by atoms with Crippen molar-refractivity contribution in [1.82, 2.24) is 0 Å². The summed E-state index contributed by atoms with van der Waals surface area (Å²) in [5, 5.41) is 12.5. The maximum Gasteiger partial charge on any atom is 0.0571 e. The van der Waals surface area contributed by atoms with Gasteiger partial charge in [-0.2, -0.15) is 0 Å². The van der Waals surface area contributed by atoms with E-state index in [2.05, 4.69) is 38.3 Å². The van der Waals surface area contributed by atoms with Crippen LogP contribution in [0.2, 0.25) is 0 Å². The average molecular weight is 280 g/mol. The van der Waals surface area contributed by atoms with Gasteiger partial charge >= 0.3 is 0 Å². The van der Waals surface area contributed by atoms with E-state index in [4.69, 9.17) is 0 Å². The van der Waals surface area contributed by atoms with Crippen LogP contribution in [-0.2, 0) is 6.42 Å². The minimum absolute atomic E-state index is 0.0944. The van der Waals surface area contributed by atoms with Crippen LogP contribution in [0.1, 0.15) is 57.8 Å². The molecule has 1 nitrogen and oxygen atoms in total. The van der Waals surface area contributed by atoms with Crippen molar-refractivity contribution in [1.29, 1.82) is 0 Å². The summed E-state index contributed by atoms with van der Waals surface area (Å²) in [5.74, 6) is 1.38. The van der Waals surface area contributed by atoms with Crippen molar-refractivity contribution in [3.05, 3.63) is 22.4 Å². The fraction of sp³-hybridized carbons (Fsp3) is 0.765. The summed E-state index contributed by atoms with van der Waals surface area (Å²) in [4.78, 5) is 1.41. The first-order valence-electron chi connectivity index (χ1n) is 7.67. The lowest BCUT2D eigenvalue weighted by Gasteiger charge is -2.38. The van der Waals surface area contributed by atoms with Crippen LogP contribution in [0.25, 0.3) is 0 Å². The molecular formula is C17H28OS. The molecule has 0 saturated heterocycles. The molecule has 19 heavy (non-hydrogen) atoms. The second kappa shape index (κ2) is 6.41. The fourth-order valence-electron chi connectivity index (χ4n) is 3.35. The molecule has 1 aliphatic rings. The summed E-state index contributed by atoms with van der Waals surface area (Å²) in [6, 6.07) is 4.27. The number of hydrogen-bond donors (Lipinski definition) is 1. The zero-order valence-electron chi connectivity index (χ0n) is 12.6. The molecule has 2 rings (SSSR count). The van der Waals surface area contributed by atoms with E-state index in [1.54, 1.807) is 11.3 Å². The van der Waals surface area contributed by atoms with E-state index in [0.717, 1.165) is 18.8 Å². The van der Waals surface area contributed by atoms with Crippen LogP contribution in [-0.4, -0.2) is 11.2 Å². The van der Waals surface area contributed by atoms with Gasteiger partial charge in [-0.3, -0.25) is 0 Å². The van der Waals surface area contributed by atoms with E-state index >= 15 is 0 Å². The average Bonchev–Trinajstić information content (AvgIpc) is 2.88.